The van der Waals surface area contributed by atoms with Crippen LogP contribution in [0.1, 0.15) is 72.1 Å². The van der Waals surface area contributed by atoms with Gasteiger partial charge >= 0.3 is 0 Å². The third-order valence-corrected chi connectivity index (χ3v) is 5.12. The van der Waals surface area contributed by atoms with Crippen LogP contribution in [-0.2, 0) is 4.79 Å². The van der Waals surface area contributed by atoms with E-state index in [1.807, 2.05) is 0 Å². The lowest BCUT2D eigenvalue weighted by atomic mass is 9.68. The van der Waals surface area contributed by atoms with Crippen LogP contribution in [0.4, 0.5) is 0 Å². The topological polar surface area (TPSA) is 17.1 Å². The van der Waals surface area contributed by atoms with E-state index >= 15 is 0 Å². The van der Waals surface area contributed by atoms with Gasteiger partial charge in [-0.1, -0.05) is 40.0 Å². The van der Waals surface area contributed by atoms with E-state index in [2.05, 4.69) is 20.8 Å². The van der Waals surface area contributed by atoms with Gasteiger partial charge in [0.2, 0.25) is 0 Å². The Morgan fingerprint density at radius 2 is 1.59 bits per heavy atom. The third kappa shape index (κ3) is 3.33. The van der Waals surface area contributed by atoms with Crippen LogP contribution in [-0.4, -0.2) is 5.78 Å². The Bertz CT molecular complexity index is 262. The summed E-state index contributed by atoms with van der Waals surface area (Å²) in [6, 6.07) is 0. The Morgan fingerprint density at radius 3 is 2.00 bits per heavy atom. The van der Waals surface area contributed by atoms with Crippen LogP contribution >= 0.6 is 0 Å². The lowest BCUT2D eigenvalue weighted by Gasteiger charge is -2.37. The molecule has 0 aromatic heterocycles. The Balaban J connectivity index is 1.76. The molecule has 2 aliphatic carbocycles. The molecule has 0 spiro atoms. The van der Waals surface area contributed by atoms with Crippen molar-refractivity contribution in [3.63, 3.8) is 0 Å². The summed E-state index contributed by atoms with van der Waals surface area (Å²) in [5.41, 5.74) is 0.433. The predicted molar refractivity (Wildman–Crippen MR) is 71.9 cm³/mol. The van der Waals surface area contributed by atoms with Crippen molar-refractivity contribution in [3.8, 4) is 0 Å². The van der Waals surface area contributed by atoms with Crippen molar-refractivity contribution in [2.24, 2.45) is 23.2 Å². The zero-order valence-corrected chi connectivity index (χ0v) is 11.8. The van der Waals surface area contributed by atoms with Gasteiger partial charge in [0.1, 0.15) is 5.78 Å². The molecule has 0 heterocycles. The maximum absolute atomic E-state index is 12.2. The number of carbonyl (C=O) groups is 1. The first-order valence-electron chi connectivity index (χ1n) is 7.49. The Hall–Kier alpha value is -0.330. The van der Waals surface area contributed by atoms with Crippen molar-refractivity contribution in [1.29, 1.82) is 0 Å². The lowest BCUT2D eigenvalue weighted by Crippen LogP contribution is -2.30. The highest BCUT2D eigenvalue weighted by Gasteiger charge is 2.33. The van der Waals surface area contributed by atoms with Gasteiger partial charge in [-0.3, -0.25) is 4.79 Å². The first kappa shape index (κ1) is 13.1. The lowest BCUT2D eigenvalue weighted by molar-refractivity contribution is -0.125. The Labute approximate surface area is 106 Å². The van der Waals surface area contributed by atoms with E-state index in [1.54, 1.807) is 0 Å². The Kier molecular flexibility index (Phi) is 3.95. The molecule has 0 unspecified atom stereocenters. The zero-order valence-electron chi connectivity index (χ0n) is 11.8. The molecule has 2 rings (SSSR count). The van der Waals surface area contributed by atoms with Crippen molar-refractivity contribution in [2.75, 3.05) is 0 Å². The molecule has 0 bridgehead atoms. The fourth-order valence-corrected chi connectivity index (χ4v) is 3.43. The molecule has 1 nitrogen and oxygen atoms in total. The van der Waals surface area contributed by atoms with Gasteiger partial charge in [0, 0.05) is 12.3 Å². The summed E-state index contributed by atoms with van der Waals surface area (Å²) in [6.45, 7) is 7.02. The second kappa shape index (κ2) is 5.12. The van der Waals surface area contributed by atoms with Gasteiger partial charge < -0.3 is 0 Å². The number of carbonyl (C=O) groups excluding carboxylic acids is 1. The van der Waals surface area contributed by atoms with Gasteiger partial charge in [0.05, 0.1) is 0 Å². The van der Waals surface area contributed by atoms with Crippen LogP contribution in [0.3, 0.4) is 0 Å². The van der Waals surface area contributed by atoms with Crippen LogP contribution in [0.5, 0.6) is 0 Å². The summed E-state index contributed by atoms with van der Waals surface area (Å²) in [7, 11) is 0. The second-order valence-electron chi connectivity index (χ2n) is 7.38. The first-order valence-corrected chi connectivity index (χ1v) is 7.49. The predicted octanol–water partition coefficient (Wildman–Crippen LogP) is 4.60. The molecule has 0 aromatic rings. The van der Waals surface area contributed by atoms with E-state index in [9.17, 15) is 4.79 Å². The van der Waals surface area contributed by atoms with E-state index in [1.165, 1.54) is 32.1 Å². The van der Waals surface area contributed by atoms with E-state index < -0.39 is 0 Å². The Morgan fingerprint density at radius 1 is 1.00 bits per heavy atom. The molecule has 2 aliphatic rings. The molecule has 0 amide bonds. The molecule has 0 radical (unpaired) electrons. The standard InChI is InChI=1S/C16H28O/c1-16(2,3)14-9-7-13(8-10-14)15(17)11-12-5-4-6-12/h12-14H,4-11H2,1-3H3. The summed E-state index contributed by atoms with van der Waals surface area (Å²) >= 11 is 0. The highest BCUT2D eigenvalue weighted by molar-refractivity contribution is 5.81. The maximum Gasteiger partial charge on any atom is 0.136 e. The molecule has 17 heavy (non-hydrogen) atoms. The summed E-state index contributed by atoms with van der Waals surface area (Å²) in [5.74, 6) is 2.58. The fourth-order valence-electron chi connectivity index (χ4n) is 3.43. The van der Waals surface area contributed by atoms with E-state index in [4.69, 9.17) is 0 Å². The quantitative estimate of drug-likeness (QED) is 0.700. The van der Waals surface area contributed by atoms with Gasteiger partial charge in [0.25, 0.3) is 0 Å². The van der Waals surface area contributed by atoms with Crippen LogP contribution in [0.25, 0.3) is 0 Å². The molecular weight excluding hydrogens is 208 g/mol. The molecule has 0 aromatic carbocycles. The highest BCUT2D eigenvalue weighted by Crippen LogP contribution is 2.41. The fraction of sp³-hybridized carbons (Fsp3) is 0.938. The SMILES string of the molecule is CC(C)(C)C1CCC(C(=O)CC2CCC2)CC1. The molecule has 0 N–H and O–H groups in total. The summed E-state index contributed by atoms with van der Waals surface area (Å²) in [5, 5.41) is 0. The van der Waals surface area contributed by atoms with Crippen molar-refractivity contribution < 1.29 is 4.79 Å². The van der Waals surface area contributed by atoms with Crippen LogP contribution in [0.2, 0.25) is 0 Å². The summed E-state index contributed by atoms with van der Waals surface area (Å²) < 4.78 is 0. The van der Waals surface area contributed by atoms with Crippen molar-refractivity contribution in [1.82, 2.24) is 0 Å². The molecule has 2 fully saturated rings. The van der Waals surface area contributed by atoms with Crippen LogP contribution < -0.4 is 0 Å². The second-order valence-corrected chi connectivity index (χ2v) is 7.38. The van der Waals surface area contributed by atoms with Crippen LogP contribution in [0, 0.1) is 23.2 Å². The molecule has 2 saturated carbocycles. The van der Waals surface area contributed by atoms with Gasteiger partial charge in [0.15, 0.2) is 0 Å². The first-order chi connectivity index (χ1) is 7.97. The molecule has 0 atom stereocenters. The average molecular weight is 236 g/mol. The van der Waals surface area contributed by atoms with Gasteiger partial charge in [-0.25, -0.2) is 0 Å². The van der Waals surface area contributed by atoms with E-state index in [0.717, 1.165) is 31.1 Å². The smallest absolute Gasteiger partial charge is 0.136 e. The van der Waals surface area contributed by atoms with Crippen LogP contribution in [0.15, 0.2) is 0 Å². The van der Waals surface area contributed by atoms with Gasteiger partial charge in [-0.05, 0) is 42.9 Å². The van der Waals surface area contributed by atoms with Gasteiger partial charge in [-0.15, -0.1) is 0 Å². The normalized spacial score (nSPS) is 31.0. The summed E-state index contributed by atoms with van der Waals surface area (Å²) in [4.78, 5) is 12.2. The molecule has 0 saturated heterocycles. The molecule has 98 valence electrons. The molecule has 1 heteroatoms. The molecular formula is C16H28O. The van der Waals surface area contributed by atoms with Crippen molar-refractivity contribution in [3.05, 3.63) is 0 Å². The third-order valence-electron chi connectivity index (χ3n) is 5.12. The zero-order chi connectivity index (χ0) is 12.5. The minimum Gasteiger partial charge on any atom is -0.299 e. The monoisotopic (exact) mass is 236 g/mol. The maximum atomic E-state index is 12.2. The van der Waals surface area contributed by atoms with E-state index in [0.29, 0.717) is 17.1 Å². The average Bonchev–Trinajstić information content (AvgIpc) is 2.22. The number of hydrogen-bond acceptors (Lipinski definition) is 1. The number of hydrogen-bond donors (Lipinski definition) is 0. The highest BCUT2D eigenvalue weighted by atomic mass is 16.1. The largest absolute Gasteiger partial charge is 0.299 e. The summed E-state index contributed by atoms with van der Waals surface area (Å²) in [6.07, 6.45) is 9.72. The number of ketones is 1. The minimum absolute atomic E-state index is 0.411. The molecule has 0 aliphatic heterocycles. The van der Waals surface area contributed by atoms with E-state index in [-0.39, 0.29) is 0 Å². The van der Waals surface area contributed by atoms with Gasteiger partial charge in [-0.2, -0.15) is 0 Å². The number of Topliss-reactive ketones (excluding diaryl/α,β-unsaturated/α-hetero) is 1. The minimum atomic E-state index is 0.411. The van der Waals surface area contributed by atoms with Crippen molar-refractivity contribution in [2.45, 2.75) is 72.1 Å². The number of rotatable bonds is 3. The van der Waals surface area contributed by atoms with Crippen molar-refractivity contribution >= 4 is 5.78 Å².